The average molecular weight is 225 g/mol. The molecule has 1 aromatic heterocycles. The number of carbonyl (C=O) groups is 1. The summed E-state index contributed by atoms with van der Waals surface area (Å²) in [6.07, 6.45) is 4.62. The highest BCUT2D eigenvalue weighted by Crippen LogP contribution is 2.18. The van der Waals surface area contributed by atoms with E-state index in [4.69, 9.17) is 11.6 Å². The van der Waals surface area contributed by atoms with Gasteiger partial charge in [0.1, 0.15) is 5.78 Å². The summed E-state index contributed by atoms with van der Waals surface area (Å²) in [5, 5.41) is 3.77. The standard InChI is InChI=1S/C11H13ClN2O/c12-10-7-14-3-1-8(10)5-11(15)9-2-4-13-6-9/h1,3,7,9,13H,2,4-6H2. The van der Waals surface area contributed by atoms with E-state index in [0.717, 1.165) is 25.1 Å². The quantitative estimate of drug-likeness (QED) is 0.845. The Morgan fingerprint density at radius 3 is 3.20 bits per heavy atom. The molecule has 1 saturated heterocycles. The average Bonchev–Trinajstić information content (AvgIpc) is 2.74. The van der Waals surface area contributed by atoms with Gasteiger partial charge in [0.2, 0.25) is 0 Å². The Kier molecular flexibility index (Phi) is 3.34. The van der Waals surface area contributed by atoms with Crippen LogP contribution in [0.3, 0.4) is 0 Å². The van der Waals surface area contributed by atoms with Crippen LogP contribution in [0.15, 0.2) is 18.5 Å². The van der Waals surface area contributed by atoms with Gasteiger partial charge in [-0.05, 0) is 24.6 Å². The topological polar surface area (TPSA) is 42.0 Å². The van der Waals surface area contributed by atoms with Crippen molar-refractivity contribution in [3.63, 3.8) is 0 Å². The van der Waals surface area contributed by atoms with Gasteiger partial charge in [0.05, 0.1) is 5.02 Å². The lowest BCUT2D eigenvalue weighted by molar-refractivity contribution is -0.121. The number of hydrogen-bond donors (Lipinski definition) is 1. The number of nitrogens with zero attached hydrogens (tertiary/aromatic N) is 1. The maximum atomic E-state index is 11.8. The smallest absolute Gasteiger partial charge is 0.141 e. The first-order valence-electron chi connectivity index (χ1n) is 5.09. The van der Waals surface area contributed by atoms with Crippen molar-refractivity contribution >= 4 is 17.4 Å². The van der Waals surface area contributed by atoms with E-state index in [1.54, 1.807) is 12.4 Å². The molecule has 0 bridgehead atoms. The third-order valence-corrected chi connectivity index (χ3v) is 3.08. The summed E-state index contributed by atoms with van der Waals surface area (Å²) >= 11 is 5.94. The molecule has 1 fully saturated rings. The normalized spacial score (nSPS) is 20.5. The Balaban J connectivity index is 2.02. The highest BCUT2D eigenvalue weighted by atomic mass is 35.5. The Bertz CT molecular complexity index is 361. The zero-order valence-electron chi connectivity index (χ0n) is 8.37. The molecule has 1 atom stereocenters. The minimum absolute atomic E-state index is 0.161. The number of ketones is 1. The predicted octanol–water partition coefficient (Wildman–Crippen LogP) is 1.46. The maximum Gasteiger partial charge on any atom is 0.141 e. The molecule has 1 N–H and O–H groups in total. The van der Waals surface area contributed by atoms with Crippen LogP contribution in [0.1, 0.15) is 12.0 Å². The molecule has 15 heavy (non-hydrogen) atoms. The van der Waals surface area contributed by atoms with E-state index >= 15 is 0 Å². The first-order valence-corrected chi connectivity index (χ1v) is 5.47. The zero-order valence-corrected chi connectivity index (χ0v) is 9.13. The van der Waals surface area contributed by atoms with Crippen molar-refractivity contribution in [3.05, 3.63) is 29.0 Å². The summed E-state index contributed by atoms with van der Waals surface area (Å²) in [6, 6.07) is 1.81. The second-order valence-electron chi connectivity index (χ2n) is 3.80. The van der Waals surface area contributed by atoms with Crippen molar-refractivity contribution < 1.29 is 4.79 Å². The summed E-state index contributed by atoms with van der Waals surface area (Å²) in [7, 11) is 0. The molecule has 1 unspecified atom stereocenters. The number of rotatable bonds is 3. The molecule has 3 nitrogen and oxygen atoms in total. The maximum absolute atomic E-state index is 11.8. The van der Waals surface area contributed by atoms with Crippen molar-refractivity contribution in [2.24, 2.45) is 5.92 Å². The van der Waals surface area contributed by atoms with Crippen LogP contribution in [0, 0.1) is 5.92 Å². The van der Waals surface area contributed by atoms with Crippen LogP contribution in [0.5, 0.6) is 0 Å². The highest BCUT2D eigenvalue weighted by Gasteiger charge is 2.22. The minimum atomic E-state index is 0.161. The van der Waals surface area contributed by atoms with Gasteiger partial charge >= 0.3 is 0 Å². The third-order valence-electron chi connectivity index (χ3n) is 2.74. The van der Waals surface area contributed by atoms with Crippen LogP contribution in [-0.4, -0.2) is 23.9 Å². The molecule has 2 heterocycles. The molecule has 1 aromatic rings. The molecule has 0 amide bonds. The van der Waals surface area contributed by atoms with Crippen LogP contribution in [0.25, 0.3) is 0 Å². The van der Waals surface area contributed by atoms with E-state index in [-0.39, 0.29) is 11.7 Å². The number of pyridine rings is 1. The molecule has 0 aliphatic carbocycles. The lowest BCUT2D eigenvalue weighted by Crippen LogP contribution is -2.19. The largest absolute Gasteiger partial charge is 0.316 e. The van der Waals surface area contributed by atoms with Crippen LogP contribution in [0.2, 0.25) is 5.02 Å². The van der Waals surface area contributed by atoms with Gasteiger partial charge in [-0.1, -0.05) is 11.6 Å². The van der Waals surface area contributed by atoms with Gasteiger partial charge in [0, 0.05) is 31.3 Å². The summed E-state index contributed by atoms with van der Waals surface area (Å²) in [6.45, 7) is 1.75. The number of nitrogens with one attached hydrogen (secondary N) is 1. The Morgan fingerprint density at radius 2 is 2.53 bits per heavy atom. The van der Waals surface area contributed by atoms with Crippen molar-refractivity contribution in [2.75, 3.05) is 13.1 Å². The fraction of sp³-hybridized carbons (Fsp3) is 0.455. The fourth-order valence-corrected chi connectivity index (χ4v) is 2.00. The van der Waals surface area contributed by atoms with E-state index in [2.05, 4.69) is 10.3 Å². The second kappa shape index (κ2) is 4.73. The van der Waals surface area contributed by atoms with Crippen LogP contribution < -0.4 is 5.32 Å². The van der Waals surface area contributed by atoms with Crippen LogP contribution in [-0.2, 0) is 11.2 Å². The zero-order chi connectivity index (χ0) is 10.7. The lowest BCUT2D eigenvalue weighted by atomic mass is 9.98. The summed E-state index contributed by atoms with van der Waals surface area (Å²) in [5.74, 6) is 0.433. The van der Waals surface area contributed by atoms with Crippen molar-refractivity contribution in [1.29, 1.82) is 0 Å². The summed E-state index contributed by atoms with van der Waals surface area (Å²) in [4.78, 5) is 15.7. The monoisotopic (exact) mass is 224 g/mol. The molecule has 0 saturated carbocycles. The summed E-state index contributed by atoms with van der Waals surface area (Å²) in [5.41, 5.74) is 0.878. The van der Waals surface area contributed by atoms with E-state index in [1.807, 2.05) is 6.07 Å². The van der Waals surface area contributed by atoms with Crippen molar-refractivity contribution in [1.82, 2.24) is 10.3 Å². The molecule has 0 radical (unpaired) electrons. The first kappa shape index (κ1) is 10.6. The lowest BCUT2D eigenvalue weighted by Gasteiger charge is -2.07. The van der Waals surface area contributed by atoms with Gasteiger partial charge in [-0.2, -0.15) is 0 Å². The van der Waals surface area contributed by atoms with Crippen molar-refractivity contribution in [3.8, 4) is 0 Å². The molecular weight excluding hydrogens is 212 g/mol. The Hall–Kier alpha value is -0.930. The van der Waals surface area contributed by atoms with Crippen LogP contribution in [0.4, 0.5) is 0 Å². The fourth-order valence-electron chi connectivity index (χ4n) is 1.81. The molecule has 0 spiro atoms. The third kappa shape index (κ3) is 2.55. The molecule has 0 aromatic carbocycles. The Morgan fingerprint density at radius 1 is 1.67 bits per heavy atom. The Labute approximate surface area is 93.8 Å². The molecule has 2 rings (SSSR count). The van der Waals surface area contributed by atoms with Gasteiger partial charge in [-0.25, -0.2) is 0 Å². The van der Waals surface area contributed by atoms with E-state index < -0.39 is 0 Å². The first-order chi connectivity index (χ1) is 7.27. The van der Waals surface area contributed by atoms with Gasteiger partial charge in [0.15, 0.2) is 0 Å². The van der Waals surface area contributed by atoms with Gasteiger partial charge in [-0.3, -0.25) is 9.78 Å². The molecule has 80 valence electrons. The SMILES string of the molecule is O=C(Cc1ccncc1Cl)C1CCNC1. The number of carbonyl (C=O) groups excluding carboxylic acids is 1. The van der Waals surface area contributed by atoms with Crippen LogP contribution >= 0.6 is 11.6 Å². The van der Waals surface area contributed by atoms with Gasteiger partial charge in [0.25, 0.3) is 0 Å². The highest BCUT2D eigenvalue weighted by molar-refractivity contribution is 6.31. The predicted molar refractivity (Wildman–Crippen MR) is 58.9 cm³/mol. The van der Waals surface area contributed by atoms with Gasteiger partial charge < -0.3 is 5.32 Å². The number of aromatic nitrogens is 1. The number of Topliss-reactive ketones (excluding diaryl/α,β-unsaturated/α-hetero) is 1. The minimum Gasteiger partial charge on any atom is -0.316 e. The number of halogens is 1. The van der Waals surface area contributed by atoms with E-state index in [0.29, 0.717) is 11.4 Å². The molecule has 1 aliphatic rings. The second-order valence-corrected chi connectivity index (χ2v) is 4.21. The molecule has 1 aliphatic heterocycles. The van der Waals surface area contributed by atoms with E-state index in [1.165, 1.54) is 0 Å². The summed E-state index contributed by atoms with van der Waals surface area (Å²) < 4.78 is 0. The number of hydrogen-bond acceptors (Lipinski definition) is 3. The molecule has 4 heteroatoms. The molecular formula is C11H13ClN2O. The van der Waals surface area contributed by atoms with E-state index in [9.17, 15) is 4.79 Å². The van der Waals surface area contributed by atoms with Gasteiger partial charge in [-0.15, -0.1) is 0 Å². The van der Waals surface area contributed by atoms with Crippen molar-refractivity contribution in [2.45, 2.75) is 12.8 Å².